The van der Waals surface area contributed by atoms with E-state index in [4.69, 9.17) is 14.9 Å². The number of aliphatic carboxylic acids is 1. The summed E-state index contributed by atoms with van der Waals surface area (Å²) < 4.78 is 12.1. The molecule has 0 saturated heterocycles. The van der Waals surface area contributed by atoms with Crippen molar-refractivity contribution in [3.63, 3.8) is 0 Å². The lowest BCUT2D eigenvalue weighted by molar-refractivity contribution is -0.143. The first-order valence-electron chi connectivity index (χ1n) is 15.4. The number of hydrogen-bond donors (Lipinski definition) is 3. The maximum Gasteiger partial charge on any atom is 0.338 e. The fourth-order valence-electron chi connectivity index (χ4n) is 5.66. The Labute approximate surface area is 272 Å². The number of ether oxygens (including phenoxy) is 2. The van der Waals surface area contributed by atoms with Gasteiger partial charge < -0.3 is 25.1 Å². The maximum absolute atomic E-state index is 11.3. The van der Waals surface area contributed by atoms with Crippen LogP contribution in [0.25, 0.3) is 21.8 Å². The van der Waals surface area contributed by atoms with Crippen molar-refractivity contribution in [1.82, 2.24) is 9.97 Å². The zero-order valence-corrected chi connectivity index (χ0v) is 26.0. The zero-order chi connectivity index (χ0) is 32.8. The second kappa shape index (κ2) is 13.8. The van der Waals surface area contributed by atoms with Crippen molar-refractivity contribution in [2.45, 2.75) is 44.5 Å². The summed E-state index contributed by atoms with van der Waals surface area (Å²) in [5.74, 6) is -0.0567. The highest BCUT2D eigenvalue weighted by molar-refractivity contribution is 6.02. The maximum atomic E-state index is 11.3. The van der Waals surface area contributed by atoms with E-state index < -0.39 is 17.5 Å². The number of nitrogens with one attached hydrogen (secondary N) is 1. The normalized spacial score (nSPS) is 12.1. The zero-order valence-electron chi connectivity index (χ0n) is 26.0. The minimum absolute atomic E-state index is 0.0989. The summed E-state index contributed by atoms with van der Waals surface area (Å²) in [6, 6.07) is 39.4. The Kier molecular flexibility index (Phi) is 9.22. The van der Waals surface area contributed by atoms with Crippen molar-refractivity contribution in [2.75, 3.05) is 0 Å². The summed E-state index contributed by atoms with van der Waals surface area (Å²) in [6.45, 7) is 2.70. The quantitative estimate of drug-likeness (QED) is 0.114. The Hall–Kier alpha value is -5.60. The van der Waals surface area contributed by atoms with Crippen LogP contribution in [0.4, 0.5) is 0 Å². The fourth-order valence-corrected chi connectivity index (χ4v) is 5.66. The van der Waals surface area contributed by atoms with E-state index in [1.165, 1.54) is 0 Å². The number of benzene rings is 4. The van der Waals surface area contributed by atoms with E-state index in [9.17, 15) is 15.0 Å². The van der Waals surface area contributed by atoms with Crippen LogP contribution in [0.2, 0.25) is 0 Å². The van der Waals surface area contributed by atoms with Gasteiger partial charge in [-0.3, -0.25) is 0 Å². The molecule has 2 aromatic heterocycles. The van der Waals surface area contributed by atoms with Gasteiger partial charge in [-0.2, -0.15) is 0 Å². The number of pyridine rings is 2. The van der Waals surface area contributed by atoms with E-state index in [0.29, 0.717) is 31.1 Å². The van der Waals surface area contributed by atoms with Crippen LogP contribution >= 0.6 is 0 Å². The third-order valence-corrected chi connectivity index (χ3v) is 8.53. The number of rotatable bonds is 13. The summed E-state index contributed by atoms with van der Waals surface area (Å²) in [5, 5.41) is 29.5. The van der Waals surface area contributed by atoms with Crippen molar-refractivity contribution in [3.05, 3.63) is 144 Å². The smallest absolute Gasteiger partial charge is 0.338 e. The predicted octanol–water partition coefficient (Wildman–Crippen LogP) is 7.49. The van der Waals surface area contributed by atoms with Crippen LogP contribution in [0.1, 0.15) is 42.3 Å². The highest BCUT2D eigenvalue weighted by Gasteiger charge is 2.31. The molecule has 6 rings (SSSR count). The van der Waals surface area contributed by atoms with E-state index in [1.807, 2.05) is 121 Å². The molecule has 1 unspecified atom stereocenters. The monoisotopic (exact) mass is 625 g/mol. The third kappa shape index (κ3) is 7.29. The van der Waals surface area contributed by atoms with Gasteiger partial charge in [-0.1, -0.05) is 79.7 Å². The second-order valence-corrected chi connectivity index (χ2v) is 11.7. The summed E-state index contributed by atoms with van der Waals surface area (Å²) in [6.07, 6.45) is -1.33. The molecule has 4 aromatic carbocycles. The Balaban J connectivity index is 1.18. The average Bonchev–Trinajstić information content (AvgIpc) is 3.11. The van der Waals surface area contributed by atoms with Gasteiger partial charge in [0, 0.05) is 21.9 Å². The first-order valence-corrected chi connectivity index (χ1v) is 15.4. The number of fused-ring (bicyclic) bond motifs is 2. The summed E-state index contributed by atoms with van der Waals surface area (Å²) >= 11 is 0. The molecule has 6 aromatic rings. The Morgan fingerprint density at radius 3 is 1.60 bits per heavy atom. The minimum Gasteiger partial charge on any atom is -0.487 e. The van der Waals surface area contributed by atoms with E-state index in [0.717, 1.165) is 44.3 Å². The van der Waals surface area contributed by atoms with Gasteiger partial charge in [0.05, 0.1) is 22.4 Å². The molecule has 0 fully saturated rings. The SMILES string of the molecule is CC(CCC(=N)C(O)C(=O)O)(c1ccc(OCc2ccc3ccccc3n2)cc1)c1ccc(OCc2ccc3ccccc3n2)cc1. The van der Waals surface area contributed by atoms with Gasteiger partial charge >= 0.3 is 5.97 Å². The first kappa shape index (κ1) is 31.4. The number of carbonyl (C=O) groups is 1. The number of hydrogen-bond acceptors (Lipinski definition) is 7. The lowest BCUT2D eigenvalue weighted by Gasteiger charge is -2.32. The molecule has 8 nitrogen and oxygen atoms in total. The molecule has 0 aliphatic heterocycles. The third-order valence-electron chi connectivity index (χ3n) is 8.53. The number of para-hydroxylation sites is 2. The largest absolute Gasteiger partial charge is 0.487 e. The van der Waals surface area contributed by atoms with Crippen LogP contribution < -0.4 is 9.47 Å². The van der Waals surface area contributed by atoms with Crippen molar-refractivity contribution >= 4 is 33.5 Å². The van der Waals surface area contributed by atoms with Crippen LogP contribution in [-0.4, -0.2) is 38.0 Å². The number of carboxylic acids is 1. The molecule has 0 spiro atoms. The van der Waals surface area contributed by atoms with Gasteiger partial charge in [-0.25, -0.2) is 14.8 Å². The highest BCUT2D eigenvalue weighted by atomic mass is 16.5. The van der Waals surface area contributed by atoms with Crippen LogP contribution in [0.5, 0.6) is 11.5 Å². The molecule has 0 saturated carbocycles. The van der Waals surface area contributed by atoms with Crippen LogP contribution in [0.15, 0.2) is 121 Å². The Morgan fingerprint density at radius 2 is 1.15 bits per heavy atom. The fraction of sp³-hybridized carbons (Fsp3) is 0.179. The number of nitrogens with zero attached hydrogens (tertiary/aromatic N) is 2. The number of aliphatic hydroxyl groups excluding tert-OH is 1. The van der Waals surface area contributed by atoms with Crippen molar-refractivity contribution in [1.29, 1.82) is 5.41 Å². The van der Waals surface area contributed by atoms with Crippen LogP contribution in [0.3, 0.4) is 0 Å². The van der Waals surface area contributed by atoms with Gasteiger partial charge in [-0.15, -0.1) is 0 Å². The summed E-state index contributed by atoms with van der Waals surface area (Å²) in [4.78, 5) is 20.7. The van der Waals surface area contributed by atoms with E-state index in [-0.39, 0.29) is 12.1 Å². The number of carboxylic acid groups (broad SMARTS) is 1. The predicted molar refractivity (Wildman–Crippen MR) is 182 cm³/mol. The Bertz CT molecular complexity index is 1900. The molecule has 0 bridgehead atoms. The lowest BCUT2D eigenvalue weighted by Crippen LogP contribution is -2.31. The van der Waals surface area contributed by atoms with Gasteiger partial charge in [-0.05, 0) is 72.5 Å². The number of aliphatic hydroxyl groups is 1. The van der Waals surface area contributed by atoms with Gasteiger partial charge in [0.2, 0.25) is 0 Å². The molecule has 8 heteroatoms. The molecule has 236 valence electrons. The minimum atomic E-state index is -1.83. The molecule has 0 radical (unpaired) electrons. The molecular weight excluding hydrogens is 590 g/mol. The van der Waals surface area contributed by atoms with Gasteiger partial charge in [0.15, 0.2) is 6.10 Å². The summed E-state index contributed by atoms with van der Waals surface area (Å²) in [5.41, 5.74) is 4.55. The standard InChI is InChI=1S/C39H35N3O5/c1-39(23-22-34(40)37(43)38(44)45,28-12-18-32(19-13-28)46-24-30-16-10-26-6-2-4-8-35(26)41-30)29-14-20-33(21-15-29)47-25-31-17-11-27-7-3-5-9-36(27)42-31/h2-21,37,40,43H,22-25H2,1H3,(H,44,45). The van der Waals surface area contributed by atoms with Gasteiger partial charge in [0.1, 0.15) is 24.7 Å². The molecule has 0 aliphatic carbocycles. The van der Waals surface area contributed by atoms with E-state index >= 15 is 0 Å². The van der Waals surface area contributed by atoms with Crippen molar-refractivity contribution in [2.24, 2.45) is 0 Å². The number of aromatic nitrogens is 2. The molecule has 0 amide bonds. The molecule has 3 N–H and O–H groups in total. The molecule has 1 atom stereocenters. The van der Waals surface area contributed by atoms with E-state index in [1.54, 1.807) is 0 Å². The van der Waals surface area contributed by atoms with E-state index in [2.05, 4.69) is 16.9 Å². The van der Waals surface area contributed by atoms with Crippen molar-refractivity contribution < 1.29 is 24.5 Å². The lowest BCUT2D eigenvalue weighted by atomic mass is 9.72. The highest BCUT2D eigenvalue weighted by Crippen LogP contribution is 2.38. The van der Waals surface area contributed by atoms with Crippen LogP contribution in [0, 0.1) is 5.41 Å². The summed E-state index contributed by atoms with van der Waals surface area (Å²) in [7, 11) is 0. The van der Waals surface area contributed by atoms with Gasteiger partial charge in [0.25, 0.3) is 0 Å². The molecule has 2 heterocycles. The topological polar surface area (TPSA) is 126 Å². The Morgan fingerprint density at radius 1 is 0.702 bits per heavy atom. The average molecular weight is 626 g/mol. The van der Waals surface area contributed by atoms with Crippen LogP contribution in [-0.2, 0) is 23.4 Å². The molecule has 47 heavy (non-hydrogen) atoms. The second-order valence-electron chi connectivity index (χ2n) is 11.7. The molecular formula is C39H35N3O5. The van der Waals surface area contributed by atoms with Crippen molar-refractivity contribution in [3.8, 4) is 11.5 Å². The molecule has 0 aliphatic rings. The first-order chi connectivity index (χ1) is 22.8.